The van der Waals surface area contributed by atoms with Gasteiger partial charge in [-0.25, -0.2) is 9.37 Å². The number of carboxylic acids is 1. The maximum absolute atomic E-state index is 13.8. The van der Waals surface area contributed by atoms with E-state index >= 15 is 0 Å². The second-order valence-corrected chi connectivity index (χ2v) is 7.37. The van der Waals surface area contributed by atoms with E-state index in [1.165, 1.54) is 18.2 Å². The van der Waals surface area contributed by atoms with E-state index in [0.29, 0.717) is 29.6 Å². The molecule has 1 aliphatic carbocycles. The number of carbonyl (C=O) groups is 1. The van der Waals surface area contributed by atoms with Gasteiger partial charge >= 0.3 is 29.6 Å². The first kappa shape index (κ1) is 21.5. The second-order valence-electron chi connectivity index (χ2n) is 7.37. The average molecular weight is 421 g/mol. The van der Waals surface area contributed by atoms with Gasteiger partial charge in [0.1, 0.15) is 11.6 Å². The van der Waals surface area contributed by atoms with Crippen molar-refractivity contribution in [1.29, 1.82) is 0 Å². The van der Waals surface area contributed by atoms with Crippen LogP contribution in [0.25, 0.3) is 33.3 Å². The van der Waals surface area contributed by atoms with Gasteiger partial charge in [0.25, 0.3) is 0 Å². The van der Waals surface area contributed by atoms with Gasteiger partial charge in [-0.05, 0) is 65.4 Å². The summed E-state index contributed by atoms with van der Waals surface area (Å²) in [4.78, 5) is 16.6. The summed E-state index contributed by atoms with van der Waals surface area (Å²) in [6.45, 7) is 0. The van der Waals surface area contributed by atoms with E-state index in [-0.39, 0.29) is 40.5 Å². The van der Waals surface area contributed by atoms with Crippen LogP contribution in [0.4, 0.5) is 4.39 Å². The van der Waals surface area contributed by atoms with Crippen LogP contribution in [0.1, 0.15) is 21.5 Å². The van der Waals surface area contributed by atoms with E-state index in [2.05, 4.69) is 6.07 Å². The number of aryl methyl sites for hydroxylation is 1. The molecule has 0 unspecified atom stereocenters. The van der Waals surface area contributed by atoms with Gasteiger partial charge in [-0.15, -0.1) is 0 Å². The number of hydrogen-bond acceptors (Lipinski definition) is 4. The van der Waals surface area contributed by atoms with Crippen molar-refractivity contribution in [3.05, 3.63) is 83.2 Å². The zero-order valence-electron chi connectivity index (χ0n) is 17.2. The fourth-order valence-corrected chi connectivity index (χ4v) is 4.25. The van der Waals surface area contributed by atoms with Gasteiger partial charge in [-0.3, -0.25) is 0 Å². The monoisotopic (exact) mass is 421 g/mol. The molecule has 0 spiro atoms. The molecular weight excluding hydrogens is 404 g/mol. The summed E-state index contributed by atoms with van der Waals surface area (Å²) < 4.78 is 19.1. The number of methoxy groups -OCH3 is 1. The van der Waals surface area contributed by atoms with Crippen LogP contribution in [0.2, 0.25) is 0 Å². The Morgan fingerprint density at radius 2 is 1.84 bits per heavy atom. The van der Waals surface area contributed by atoms with Crippen molar-refractivity contribution in [2.24, 2.45) is 0 Å². The smallest absolute Gasteiger partial charge is 0.545 e. The van der Waals surface area contributed by atoms with Crippen LogP contribution in [-0.2, 0) is 12.8 Å². The van der Waals surface area contributed by atoms with Gasteiger partial charge in [-0.1, -0.05) is 30.3 Å². The molecule has 0 saturated carbocycles. The van der Waals surface area contributed by atoms with E-state index in [9.17, 15) is 14.3 Å². The van der Waals surface area contributed by atoms with E-state index in [1.807, 2.05) is 36.4 Å². The Labute approximate surface area is 201 Å². The molecule has 1 heterocycles. The van der Waals surface area contributed by atoms with Crippen LogP contribution in [-0.4, -0.2) is 18.1 Å². The minimum atomic E-state index is -1.30. The van der Waals surface area contributed by atoms with Crippen molar-refractivity contribution >= 4 is 16.9 Å². The third-order valence-corrected chi connectivity index (χ3v) is 5.66. The second kappa shape index (κ2) is 8.42. The maximum atomic E-state index is 13.8. The summed E-state index contributed by atoms with van der Waals surface area (Å²) in [5.74, 6) is -1.01. The van der Waals surface area contributed by atoms with Crippen LogP contribution in [0, 0.1) is 5.82 Å². The molecule has 148 valence electrons. The van der Waals surface area contributed by atoms with Crippen molar-refractivity contribution in [3.63, 3.8) is 0 Å². The number of rotatable bonds is 3. The molecule has 31 heavy (non-hydrogen) atoms. The number of ether oxygens (including phenoxy) is 1. The molecule has 5 rings (SSSR count). The number of aromatic nitrogens is 1. The molecule has 0 N–H and O–H groups in total. The van der Waals surface area contributed by atoms with Crippen molar-refractivity contribution in [1.82, 2.24) is 4.98 Å². The van der Waals surface area contributed by atoms with Crippen molar-refractivity contribution in [2.75, 3.05) is 7.11 Å². The van der Waals surface area contributed by atoms with Gasteiger partial charge in [-0.2, -0.15) is 0 Å². The Balaban J connectivity index is 0.00000231. The number of carbonyl (C=O) groups excluding carboxylic acids is 1. The molecule has 0 aliphatic heterocycles. The van der Waals surface area contributed by atoms with Crippen LogP contribution in [0.15, 0.2) is 60.7 Å². The predicted octanol–water partition coefficient (Wildman–Crippen LogP) is 1.18. The van der Waals surface area contributed by atoms with Crippen molar-refractivity contribution in [3.8, 4) is 28.1 Å². The zero-order valence-corrected chi connectivity index (χ0v) is 19.2. The van der Waals surface area contributed by atoms with Crippen LogP contribution >= 0.6 is 0 Å². The first-order valence-electron chi connectivity index (χ1n) is 9.66. The average Bonchev–Trinajstić information content (AvgIpc) is 2.76. The molecular formula is C25H17FNNaO3. The van der Waals surface area contributed by atoms with Gasteiger partial charge in [0, 0.05) is 16.5 Å². The number of benzene rings is 3. The SMILES string of the molecule is COc1cccc(-c2ccc3c(c2)CCc2c-3nc3ccc(F)cc3c2C(=O)[O-])c1.[Na+]. The zero-order chi connectivity index (χ0) is 20.8. The van der Waals surface area contributed by atoms with Crippen molar-refractivity contribution < 1.29 is 48.6 Å². The van der Waals surface area contributed by atoms with Crippen LogP contribution in [0.3, 0.4) is 0 Å². The van der Waals surface area contributed by atoms with E-state index in [1.54, 1.807) is 7.11 Å². The quantitative estimate of drug-likeness (QED) is 0.466. The number of hydrogen-bond donors (Lipinski definition) is 0. The van der Waals surface area contributed by atoms with E-state index in [0.717, 1.165) is 28.0 Å². The Morgan fingerprint density at radius 3 is 2.61 bits per heavy atom. The molecule has 1 aromatic heterocycles. The molecule has 0 radical (unpaired) electrons. The number of halogens is 1. The number of pyridine rings is 1. The fraction of sp³-hybridized carbons (Fsp3) is 0.120. The van der Waals surface area contributed by atoms with Gasteiger partial charge in [0.15, 0.2) is 0 Å². The van der Waals surface area contributed by atoms with Gasteiger partial charge < -0.3 is 14.6 Å². The number of carboxylic acid groups (broad SMARTS) is 1. The Kier molecular flexibility index (Phi) is 5.84. The Hall–Kier alpha value is -2.73. The largest absolute Gasteiger partial charge is 1.00 e. The van der Waals surface area contributed by atoms with E-state index < -0.39 is 11.8 Å². The molecule has 0 fully saturated rings. The summed E-state index contributed by atoms with van der Waals surface area (Å²) >= 11 is 0. The summed E-state index contributed by atoms with van der Waals surface area (Å²) in [5, 5.41) is 12.2. The summed E-state index contributed by atoms with van der Waals surface area (Å²) in [7, 11) is 1.64. The minimum absolute atomic E-state index is 0. The third-order valence-electron chi connectivity index (χ3n) is 5.66. The molecule has 6 heteroatoms. The fourth-order valence-electron chi connectivity index (χ4n) is 4.25. The first-order valence-corrected chi connectivity index (χ1v) is 9.66. The summed E-state index contributed by atoms with van der Waals surface area (Å²) in [6.07, 6.45) is 1.18. The Bertz CT molecular complexity index is 1340. The molecule has 4 nitrogen and oxygen atoms in total. The third kappa shape index (κ3) is 3.74. The van der Waals surface area contributed by atoms with Gasteiger partial charge in [0.05, 0.1) is 24.3 Å². The van der Waals surface area contributed by atoms with E-state index in [4.69, 9.17) is 9.72 Å². The van der Waals surface area contributed by atoms with Gasteiger partial charge in [0.2, 0.25) is 0 Å². The first-order chi connectivity index (χ1) is 14.5. The molecule has 1 aliphatic rings. The Morgan fingerprint density at radius 1 is 1.03 bits per heavy atom. The number of fused-ring (bicyclic) bond motifs is 4. The van der Waals surface area contributed by atoms with Crippen LogP contribution in [0.5, 0.6) is 5.75 Å². The van der Waals surface area contributed by atoms with Crippen LogP contribution < -0.4 is 39.4 Å². The normalized spacial score (nSPS) is 11.9. The molecule has 4 aromatic rings. The van der Waals surface area contributed by atoms with Crippen molar-refractivity contribution in [2.45, 2.75) is 12.8 Å². The summed E-state index contributed by atoms with van der Waals surface area (Å²) in [6, 6.07) is 18.0. The molecule has 0 saturated heterocycles. The number of nitrogens with zero attached hydrogens (tertiary/aromatic N) is 1. The molecule has 0 amide bonds. The standard InChI is InChI=1S/C25H18FNO3.Na/c1-30-18-4-2-3-14(12-18)15-5-8-19-16(11-15)6-9-20-23(25(28)29)21-13-17(26)7-10-22(21)27-24(19)20;/h2-5,7-8,10-13H,6,9H2,1H3,(H,28,29);/q;+1/p-1. The molecule has 3 aromatic carbocycles. The summed E-state index contributed by atoms with van der Waals surface area (Å²) in [5.41, 5.74) is 5.81. The minimum Gasteiger partial charge on any atom is -0.545 e. The molecule has 0 atom stereocenters. The topological polar surface area (TPSA) is 62.2 Å². The predicted molar refractivity (Wildman–Crippen MR) is 111 cm³/mol. The molecule has 0 bridgehead atoms. The maximum Gasteiger partial charge on any atom is 1.00 e. The number of aromatic carboxylic acids is 1.